The fourth-order valence-corrected chi connectivity index (χ4v) is 1.20. The van der Waals surface area contributed by atoms with Crippen molar-refractivity contribution in [3.05, 3.63) is 34.1 Å². The Labute approximate surface area is 93.2 Å². The van der Waals surface area contributed by atoms with Gasteiger partial charge in [0.15, 0.2) is 0 Å². The van der Waals surface area contributed by atoms with Gasteiger partial charge in [0.05, 0.1) is 0 Å². The first-order valence-electron chi connectivity index (χ1n) is 5.01. The normalized spacial score (nSPS) is 15.3. The van der Waals surface area contributed by atoms with Crippen LogP contribution in [0, 0.1) is 5.41 Å². The molecule has 0 aliphatic carbocycles. The lowest BCUT2D eigenvalue weighted by atomic mass is 9.87. The van der Waals surface area contributed by atoms with Gasteiger partial charge in [0.2, 0.25) is 0 Å². The molecule has 0 fully saturated rings. The Bertz CT molecular complexity index is 249. The molecule has 80 valence electrons. The van der Waals surface area contributed by atoms with Crippen molar-refractivity contribution in [1.82, 2.24) is 0 Å². The van der Waals surface area contributed by atoms with E-state index in [4.69, 9.17) is 0 Å². The second-order valence-electron chi connectivity index (χ2n) is 4.46. The molecule has 0 saturated carbocycles. The van der Waals surface area contributed by atoms with Gasteiger partial charge in [-0.25, -0.2) is 0 Å². The zero-order valence-corrected chi connectivity index (χ0v) is 11.0. The molecule has 0 aliphatic rings. The number of rotatable bonds is 3. The maximum Gasteiger partial charge on any atom is -0.0140 e. The van der Waals surface area contributed by atoms with Gasteiger partial charge in [-0.15, -0.1) is 11.8 Å². The molecule has 0 aromatic carbocycles. The Morgan fingerprint density at radius 3 is 2.07 bits per heavy atom. The Balaban J connectivity index is 4.39. The Morgan fingerprint density at radius 1 is 1.07 bits per heavy atom. The number of hydrogen-bond acceptors (Lipinski definition) is 1. The zero-order chi connectivity index (χ0) is 11.2. The molecule has 0 bridgehead atoms. The molecule has 0 rings (SSSR count). The molecule has 0 atom stereocenters. The fraction of sp³-hybridized carbons (Fsp3) is 0.538. The molecule has 0 N–H and O–H groups in total. The van der Waals surface area contributed by atoms with Crippen molar-refractivity contribution in [2.75, 3.05) is 0 Å². The van der Waals surface area contributed by atoms with E-state index < -0.39 is 0 Å². The topological polar surface area (TPSA) is 0 Å². The third-order valence-corrected chi connectivity index (χ3v) is 3.06. The van der Waals surface area contributed by atoms with Gasteiger partial charge in [-0.1, -0.05) is 44.6 Å². The van der Waals surface area contributed by atoms with Crippen LogP contribution >= 0.6 is 11.8 Å². The van der Waals surface area contributed by atoms with Crippen LogP contribution in [0.25, 0.3) is 0 Å². The quantitative estimate of drug-likeness (QED) is 0.580. The molecule has 0 radical (unpaired) electrons. The molecule has 0 aromatic rings. The summed E-state index contributed by atoms with van der Waals surface area (Å²) in [6.07, 6.45) is 6.46. The summed E-state index contributed by atoms with van der Waals surface area (Å²) < 4.78 is 0. The Morgan fingerprint density at radius 2 is 1.64 bits per heavy atom. The van der Waals surface area contributed by atoms with Crippen molar-refractivity contribution >= 4 is 11.8 Å². The average molecular weight is 210 g/mol. The predicted octanol–water partition coefficient (Wildman–Crippen LogP) is 5.15. The van der Waals surface area contributed by atoms with Crippen LogP contribution in [0.2, 0.25) is 0 Å². The van der Waals surface area contributed by atoms with Gasteiger partial charge in [0.1, 0.15) is 0 Å². The maximum absolute atomic E-state index is 2.24. The number of allylic oxidation sites excluding steroid dienone is 5. The minimum absolute atomic E-state index is 0.280. The first-order chi connectivity index (χ1) is 6.38. The third-order valence-electron chi connectivity index (χ3n) is 2.14. The van der Waals surface area contributed by atoms with E-state index in [9.17, 15) is 0 Å². The van der Waals surface area contributed by atoms with Gasteiger partial charge in [-0.3, -0.25) is 0 Å². The third kappa shape index (κ3) is 6.09. The summed E-state index contributed by atoms with van der Waals surface area (Å²) in [6.45, 7) is 13.1. The van der Waals surface area contributed by atoms with Crippen molar-refractivity contribution in [2.24, 2.45) is 5.41 Å². The summed E-state index contributed by atoms with van der Waals surface area (Å²) in [7, 11) is 0. The molecule has 0 amide bonds. The smallest absolute Gasteiger partial charge is 0.0140 e. The van der Waals surface area contributed by atoms with Gasteiger partial charge in [-0.05, 0) is 36.5 Å². The molecule has 0 heterocycles. The predicted molar refractivity (Wildman–Crippen MR) is 69.4 cm³/mol. The first kappa shape index (κ1) is 13.6. The van der Waals surface area contributed by atoms with Gasteiger partial charge in [0.25, 0.3) is 0 Å². The number of hydrogen-bond donors (Lipinski definition) is 0. The molecule has 0 saturated heterocycles. The fourth-order valence-electron chi connectivity index (χ4n) is 0.707. The SMILES string of the molecule is C/C=C/S/C(C)=C/C=C(\C)C(C)(C)C. The van der Waals surface area contributed by atoms with Crippen molar-refractivity contribution in [2.45, 2.75) is 41.5 Å². The van der Waals surface area contributed by atoms with Crippen LogP contribution in [0.4, 0.5) is 0 Å². The van der Waals surface area contributed by atoms with E-state index >= 15 is 0 Å². The standard InChI is InChI=1S/C13H22S/c1-7-10-14-12(3)9-8-11(2)13(4,5)6/h7-10H,1-6H3/b10-7+,11-8+,12-9+. The molecule has 0 nitrogen and oxygen atoms in total. The van der Waals surface area contributed by atoms with E-state index in [0.717, 1.165) is 0 Å². The van der Waals surface area contributed by atoms with E-state index in [1.165, 1.54) is 10.5 Å². The average Bonchev–Trinajstić information content (AvgIpc) is 2.09. The Hall–Kier alpha value is -0.430. The van der Waals surface area contributed by atoms with Crippen molar-refractivity contribution < 1.29 is 0 Å². The largest absolute Gasteiger partial charge is 0.103 e. The highest BCUT2D eigenvalue weighted by Crippen LogP contribution is 2.25. The van der Waals surface area contributed by atoms with Crippen LogP contribution in [0.3, 0.4) is 0 Å². The van der Waals surface area contributed by atoms with Gasteiger partial charge in [0, 0.05) is 0 Å². The summed E-state index contributed by atoms with van der Waals surface area (Å²) in [5.74, 6) is 0. The van der Waals surface area contributed by atoms with E-state index in [1.54, 1.807) is 11.8 Å². The molecule has 0 spiro atoms. The van der Waals surface area contributed by atoms with Gasteiger partial charge < -0.3 is 0 Å². The van der Waals surface area contributed by atoms with E-state index in [2.05, 4.69) is 58.3 Å². The summed E-state index contributed by atoms with van der Waals surface area (Å²) in [5.41, 5.74) is 1.69. The van der Waals surface area contributed by atoms with Gasteiger partial charge in [-0.2, -0.15) is 0 Å². The molecule has 1 heteroatoms. The zero-order valence-electron chi connectivity index (χ0n) is 10.2. The van der Waals surface area contributed by atoms with Crippen molar-refractivity contribution in [3.63, 3.8) is 0 Å². The summed E-state index contributed by atoms with van der Waals surface area (Å²) in [4.78, 5) is 1.33. The van der Waals surface area contributed by atoms with Crippen molar-refractivity contribution in [3.8, 4) is 0 Å². The van der Waals surface area contributed by atoms with Crippen LogP contribution in [0.5, 0.6) is 0 Å². The highest BCUT2D eigenvalue weighted by atomic mass is 32.2. The summed E-state index contributed by atoms with van der Waals surface area (Å²) in [6, 6.07) is 0. The highest BCUT2D eigenvalue weighted by molar-refractivity contribution is 8.05. The molecular weight excluding hydrogens is 188 g/mol. The van der Waals surface area contributed by atoms with Crippen LogP contribution in [0.1, 0.15) is 41.5 Å². The maximum atomic E-state index is 2.24. The second-order valence-corrected chi connectivity index (χ2v) is 5.62. The summed E-state index contributed by atoms with van der Waals surface area (Å²) in [5, 5.41) is 2.10. The summed E-state index contributed by atoms with van der Waals surface area (Å²) >= 11 is 1.76. The molecular formula is C13H22S. The monoisotopic (exact) mass is 210 g/mol. The molecule has 14 heavy (non-hydrogen) atoms. The molecule has 0 aromatic heterocycles. The van der Waals surface area contributed by atoms with E-state index in [0.29, 0.717) is 0 Å². The minimum atomic E-state index is 0.280. The lowest BCUT2D eigenvalue weighted by Gasteiger charge is -2.18. The van der Waals surface area contributed by atoms with Crippen LogP contribution in [0.15, 0.2) is 34.1 Å². The molecule has 0 aliphatic heterocycles. The van der Waals surface area contributed by atoms with Gasteiger partial charge >= 0.3 is 0 Å². The second kappa shape index (κ2) is 6.13. The molecule has 0 unspecified atom stereocenters. The lowest BCUT2D eigenvalue weighted by Crippen LogP contribution is -2.05. The van der Waals surface area contributed by atoms with E-state index in [-0.39, 0.29) is 5.41 Å². The first-order valence-corrected chi connectivity index (χ1v) is 5.89. The lowest BCUT2D eigenvalue weighted by molar-refractivity contribution is 0.504. The minimum Gasteiger partial charge on any atom is -0.103 e. The Kier molecular flexibility index (Phi) is 5.94. The van der Waals surface area contributed by atoms with Crippen molar-refractivity contribution in [1.29, 1.82) is 0 Å². The van der Waals surface area contributed by atoms with E-state index in [1.807, 2.05) is 6.92 Å². The van der Waals surface area contributed by atoms with Crippen LogP contribution in [-0.2, 0) is 0 Å². The van der Waals surface area contributed by atoms with Crippen LogP contribution in [-0.4, -0.2) is 0 Å². The number of thioether (sulfide) groups is 1. The highest BCUT2D eigenvalue weighted by Gasteiger charge is 2.10. The van der Waals surface area contributed by atoms with Crippen LogP contribution < -0.4 is 0 Å².